The van der Waals surface area contributed by atoms with Gasteiger partial charge in [-0.25, -0.2) is 0 Å². The Kier molecular flexibility index (Phi) is 3.15. The van der Waals surface area contributed by atoms with Crippen molar-refractivity contribution in [1.82, 2.24) is 4.57 Å². The summed E-state index contributed by atoms with van der Waals surface area (Å²) < 4.78 is 2.45. The lowest BCUT2D eigenvalue weighted by Gasteiger charge is -2.17. The zero-order valence-corrected chi connectivity index (χ0v) is 15.7. The second kappa shape index (κ2) is 5.71. The van der Waals surface area contributed by atoms with Crippen molar-refractivity contribution in [1.29, 1.82) is 0 Å². The van der Waals surface area contributed by atoms with Crippen LogP contribution in [-0.2, 0) is 0 Å². The van der Waals surface area contributed by atoms with Gasteiger partial charge in [-0.3, -0.25) is 0 Å². The Morgan fingerprint density at radius 1 is 0.429 bits per heavy atom. The highest BCUT2D eigenvalue weighted by Gasteiger charge is 2.17. The minimum Gasteiger partial charge on any atom is -0.308 e. The second-order valence-corrected chi connectivity index (χ2v) is 7.43. The lowest BCUT2D eigenvalue weighted by Crippen LogP contribution is -1.98. The van der Waals surface area contributed by atoms with Crippen molar-refractivity contribution in [2.75, 3.05) is 0 Å². The third-order valence-electron chi connectivity index (χ3n) is 5.98. The molecule has 0 aliphatic rings. The van der Waals surface area contributed by atoms with Crippen molar-refractivity contribution in [3.63, 3.8) is 0 Å². The number of aromatic nitrogens is 1. The summed E-state index contributed by atoms with van der Waals surface area (Å²) in [5, 5.41) is 7.82. The Bertz CT molecular complexity index is 1410. The normalized spacial score (nSPS) is 11.8. The van der Waals surface area contributed by atoms with Gasteiger partial charge in [-0.1, -0.05) is 84.9 Å². The first kappa shape index (κ1) is 15.5. The molecule has 0 aliphatic heterocycles. The Hall–Kier alpha value is -3.58. The van der Waals surface area contributed by atoms with E-state index in [9.17, 15) is 0 Å². The summed E-state index contributed by atoms with van der Waals surface area (Å²) in [5.74, 6) is 0. The van der Waals surface area contributed by atoms with Crippen LogP contribution in [0.1, 0.15) is 5.56 Å². The predicted octanol–water partition coefficient (Wildman–Crippen LogP) is 7.40. The van der Waals surface area contributed by atoms with Crippen LogP contribution < -0.4 is 0 Å². The largest absolute Gasteiger partial charge is 0.308 e. The SMILES string of the molecule is Cc1c2ccccc2c(-n2c3ccccc3c3ccccc32)c2ccccc12. The molecule has 28 heavy (non-hydrogen) atoms. The summed E-state index contributed by atoms with van der Waals surface area (Å²) in [5.41, 5.74) is 5.12. The number of hydrogen-bond acceptors (Lipinski definition) is 0. The fourth-order valence-electron chi connectivity index (χ4n) is 4.73. The molecule has 0 N–H and O–H groups in total. The number of nitrogens with zero attached hydrogens (tertiary/aromatic N) is 1. The van der Waals surface area contributed by atoms with Gasteiger partial charge in [-0.2, -0.15) is 0 Å². The highest BCUT2D eigenvalue weighted by atomic mass is 15.0. The van der Waals surface area contributed by atoms with Crippen molar-refractivity contribution in [3.8, 4) is 5.69 Å². The van der Waals surface area contributed by atoms with Gasteiger partial charge in [0.1, 0.15) is 0 Å². The molecule has 0 fully saturated rings. The molecule has 0 spiro atoms. The van der Waals surface area contributed by atoms with E-state index in [4.69, 9.17) is 0 Å². The van der Waals surface area contributed by atoms with Crippen LogP contribution in [0.15, 0.2) is 97.1 Å². The van der Waals surface area contributed by atoms with Gasteiger partial charge in [0.2, 0.25) is 0 Å². The van der Waals surface area contributed by atoms with Gasteiger partial charge < -0.3 is 4.57 Å². The van der Waals surface area contributed by atoms with Crippen LogP contribution in [0.5, 0.6) is 0 Å². The van der Waals surface area contributed by atoms with Crippen LogP contribution in [-0.4, -0.2) is 4.57 Å². The van der Waals surface area contributed by atoms with Gasteiger partial charge in [0.25, 0.3) is 0 Å². The molecular weight excluding hydrogens is 338 g/mol. The number of fused-ring (bicyclic) bond motifs is 5. The van der Waals surface area contributed by atoms with Crippen molar-refractivity contribution in [2.24, 2.45) is 0 Å². The van der Waals surface area contributed by atoms with Gasteiger partial charge in [0, 0.05) is 21.5 Å². The van der Waals surface area contributed by atoms with E-state index in [0.29, 0.717) is 0 Å². The monoisotopic (exact) mass is 357 g/mol. The maximum Gasteiger partial charge on any atom is 0.0619 e. The van der Waals surface area contributed by atoms with Crippen LogP contribution in [0.3, 0.4) is 0 Å². The van der Waals surface area contributed by atoms with E-state index in [-0.39, 0.29) is 0 Å². The molecule has 6 rings (SSSR count). The molecule has 1 aromatic heterocycles. The molecule has 6 aromatic rings. The van der Waals surface area contributed by atoms with E-state index in [0.717, 1.165) is 0 Å². The molecule has 0 radical (unpaired) electrons. The van der Waals surface area contributed by atoms with Gasteiger partial charge in [-0.15, -0.1) is 0 Å². The van der Waals surface area contributed by atoms with Gasteiger partial charge in [-0.05, 0) is 35.4 Å². The highest BCUT2D eigenvalue weighted by molar-refractivity contribution is 6.15. The summed E-state index contributed by atoms with van der Waals surface area (Å²) in [6.45, 7) is 2.24. The van der Waals surface area contributed by atoms with Gasteiger partial charge >= 0.3 is 0 Å². The molecule has 5 aromatic carbocycles. The molecular formula is C27H19N. The van der Waals surface area contributed by atoms with Crippen molar-refractivity contribution in [2.45, 2.75) is 6.92 Å². The van der Waals surface area contributed by atoms with Crippen LogP contribution in [0, 0.1) is 6.92 Å². The van der Waals surface area contributed by atoms with Crippen molar-refractivity contribution < 1.29 is 0 Å². The average molecular weight is 357 g/mol. The lowest BCUT2D eigenvalue weighted by atomic mass is 9.95. The maximum absolute atomic E-state index is 2.45. The number of hydrogen-bond donors (Lipinski definition) is 0. The quantitative estimate of drug-likeness (QED) is 0.270. The molecule has 132 valence electrons. The van der Waals surface area contributed by atoms with Crippen LogP contribution in [0.4, 0.5) is 0 Å². The van der Waals surface area contributed by atoms with E-state index in [2.05, 4.69) is 109 Å². The van der Waals surface area contributed by atoms with Crippen molar-refractivity contribution >= 4 is 43.4 Å². The standard InChI is InChI=1S/C27H19N/c1-18-19-10-2-4-14-23(19)27(24-15-5-3-11-20(18)24)28-25-16-8-6-12-21(25)22-13-7-9-17-26(22)28/h2-17H,1H3. The molecule has 1 heterocycles. The van der Waals surface area contributed by atoms with Crippen LogP contribution in [0.25, 0.3) is 49.0 Å². The minimum absolute atomic E-state index is 1.25. The topological polar surface area (TPSA) is 4.93 Å². The molecule has 0 bridgehead atoms. The zero-order valence-electron chi connectivity index (χ0n) is 15.7. The first-order valence-electron chi connectivity index (χ1n) is 9.73. The fourth-order valence-corrected chi connectivity index (χ4v) is 4.73. The molecule has 0 saturated heterocycles. The Balaban J connectivity index is 1.95. The maximum atomic E-state index is 2.45. The van der Waals surface area contributed by atoms with Gasteiger partial charge in [0.15, 0.2) is 0 Å². The molecule has 1 heteroatoms. The number of rotatable bonds is 1. The number of para-hydroxylation sites is 2. The molecule has 0 unspecified atom stereocenters. The summed E-state index contributed by atoms with van der Waals surface area (Å²) in [6, 6.07) is 35.0. The van der Waals surface area contributed by atoms with E-state index < -0.39 is 0 Å². The smallest absolute Gasteiger partial charge is 0.0619 e. The van der Waals surface area contributed by atoms with Gasteiger partial charge in [0.05, 0.1) is 16.7 Å². The Morgan fingerprint density at radius 2 is 0.786 bits per heavy atom. The summed E-state index contributed by atoms with van der Waals surface area (Å²) in [7, 11) is 0. The molecule has 0 saturated carbocycles. The second-order valence-electron chi connectivity index (χ2n) is 7.43. The zero-order chi connectivity index (χ0) is 18.7. The summed E-state index contributed by atoms with van der Waals surface area (Å²) >= 11 is 0. The fraction of sp³-hybridized carbons (Fsp3) is 0.0370. The Labute approximate surface area is 163 Å². The summed E-state index contributed by atoms with van der Waals surface area (Å²) in [6.07, 6.45) is 0. The number of aryl methyl sites for hydroxylation is 1. The molecule has 0 amide bonds. The Morgan fingerprint density at radius 3 is 1.25 bits per heavy atom. The van der Waals surface area contributed by atoms with Crippen LogP contribution >= 0.6 is 0 Å². The van der Waals surface area contributed by atoms with E-state index >= 15 is 0 Å². The minimum atomic E-state index is 1.25. The molecule has 0 atom stereocenters. The highest BCUT2D eigenvalue weighted by Crippen LogP contribution is 2.39. The summed E-state index contributed by atoms with van der Waals surface area (Å²) in [4.78, 5) is 0. The number of benzene rings is 5. The average Bonchev–Trinajstić information content (AvgIpc) is 3.09. The first-order valence-corrected chi connectivity index (χ1v) is 9.73. The predicted molar refractivity (Wildman–Crippen MR) is 121 cm³/mol. The van der Waals surface area contributed by atoms with Crippen LogP contribution in [0.2, 0.25) is 0 Å². The lowest BCUT2D eigenvalue weighted by molar-refractivity contribution is 1.21. The van der Waals surface area contributed by atoms with E-state index in [1.54, 1.807) is 0 Å². The third-order valence-corrected chi connectivity index (χ3v) is 5.98. The molecule has 1 nitrogen and oxygen atoms in total. The molecule has 0 aliphatic carbocycles. The van der Waals surface area contributed by atoms with E-state index in [1.165, 1.54) is 54.6 Å². The van der Waals surface area contributed by atoms with E-state index in [1.807, 2.05) is 0 Å². The first-order chi connectivity index (χ1) is 13.8. The van der Waals surface area contributed by atoms with Crippen molar-refractivity contribution in [3.05, 3.63) is 103 Å². The third kappa shape index (κ3) is 1.96.